The first-order valence-corrected chi connectivity index (χ1v) is 9.03. The quantitative estimate of drug-likeness (QED) is 0.495. The summed E-state index contributed by atoms with van der Waals surface area (Å²) >= 11 is 0. The lowest BCUT2D eigenvalue weighted by atomic mass is 10.1. The molecule has 2 aromatic heterocycles. The molecule has 1 aromatic carbocycles. The highest BCUT2D eigenvalue weighted by atomic mass is 16.3. The van der Waals surface area contributed by atoms with Crippen LogP contribution in [0.3, 0.4) is 0 Å². The molecule has 3 rings (SSSR count). The van der Waals surface area contributed by atoms with Crippen LogP contribution < -0.4 is 10.6 Å². The lowest BCUT2D eigenvalue weighted by molar-refractivity contribution is 0.271. The summed E-state index contributed by atoms with van der Waals surface area (Å²) in [6.07, 6.45) is 0.785. The van der Waals surface area contributed by atoms with Gasteiger partial charge in [-0.1, -0.05) is 51.1 Å². The van der Waals surface area contributed by atoms with Crippen LogP contribution in [-0.2, 0) is 6.54 Å². The third-order valence-corrected chi connectivity index (χ3v) is 4.35. The van der Waals surface area contributed by atoms with E-state index in [0.29, 0.717) is 18.3 Å². The number of H-pyrrole nitrogens is 1. The van der Waals surface area contributed by atoms with Crippen molar-refractivity contribution < 1.29 is 5.11 Å². The lowest BCUT2D eigenvalue weighted by Crippen LogP contribution is -2.24. The molecule has 0 aliphatic heterocycles. The van der Waals surface area contributed by atoms with Crippen molar-refractivity contribution in [1.82, 2.24) is 20.2 Å². The molecule has 1 atom stereocenters. The highest BCUT2D eigenvalue weighted by Gasteiger charge is 2.17. The second-order valence-corrected chi connectivity index (χ2v) is 6.66. The molecule has 0 fully saturated rings. The molecule has 0 bridgehead atoms. The van der Waals surface area contributed by atoms with Crippen molar-refractivity contribution in [3.8, 4) is 0 Å². The number of nitrogens with one attached hydrogen (secondary N) is 3. The van der Waals surface area contributed by atoms with Gasteiger partial charge in [-0.05, 0) is 17.9 Å². The zero-order chi connectivity index (χ0) is 18.5. The van der Waals surface area contributed by atoms with Crippen LogP contribution in [0.5, 0.6) is 0 Å². The molecule has 0 aliphatic rings. The zero-order valence-corrected chi connectivity index (χ0v) is 15.5. The van der Waals surface area contributed by atoms with Gasteiger partial charge in [-0.15, -0.1) is 0 Å². The van der Waals surface area contributed by atoms with Crippen LogP contribution in [-0.4, -0.2) is 37.9 Å². The maximum Gasteiger partial charge on any atom is 0.225 e. The smallest absolute Gasteiger partial charge is 0.225 e. The number of aromatic nitrogens is 4. The Kier molecular flexibility index (Phi) is 5.68. The molecular formula is C19H26N6O. The van der Waals surface area contributed by atoms with Gasteiger partial charge in [0, 0.05) is 6.54 Å². The van der Waals surface area contributed by atoms with Crippen molar-refractivity contribution in [1.29, 1.82) is 0 Å². The van der Waals surface area contributed by atoms with E-state index < -0.39 is 0 Å². The summed E-state index contributed by atoms with van der Waals surface area (Å²) in [5, 5.41) is 23.6. The molecule has 0 spiro atoms. The van der Waals surface area contributed by atoms with Gasteiger partial charge >= 0.3 is 0 Å². The van der Waals surface area contributed by atoms with Crippen molar-refractivity contribution in [2.24, 2.45) is 0 Å². The molecule has 26 heavy (non-hydrogen) atoms. The minimum absolute atomic E-state index is 0.0348. The normalized spacial score (nSPS) is 12.5. The third kappa shape index (κ3) is 3.94. The number of rotatable bonds is 8. The van der Waals surface area contributed by atoms with Crippen LogP contribution in [0.1, 0.15) is 44.4 Å². The van der Waals surface area contributed by atoms with Crippen molar-refractivity contribution in [2.45, 2.75) is 45.7 Å². The maximum atomic E-state index is 9.47. The SMILES string of the molecule is CCC(CO)Nc1nc(NCc2ccccc2)c2n[nH]c(C(C)C)c2n1. The number of fused-ring (bicyclic) bond motifs is 1. The second-order valence-electron chi connectivity index (χ2n) is 6.66. The zero-order valence-electron chi connectivity index (χ0n) is 15.5. The number of aliphatic hydroxyl groups is 1. The van der Waals surface area contributed by atoms with Gasteiger partial charge in [0.15, 0.2) is 11.3 Å². The largest absolute Gasteiger partial charge is 0.394 e. The van der Waals surface area contributed by atoms with E-state index in [1.807, 2.05) is 25.1 Å². The number of aromatic amines is 1. The Balaban J connectivity index is 1.96. The molecule has 7 heteroatoms. The molecule has 4 N–H and O–H groups in total. The van der Waals surface area contributed by atoms with Gasteiger partial charge in [-0.2, -0.15) is 10.1 Å². The molecule has 0 saturated carbocycles. The fourth-order valence-corrected chi connectivity index (χ4v) is 2.75. The summed E-state index contributed by atoms with van der Waals surface area (Å²) in [5.41, 5.74) is 3.67. The summed E-state index contributed by atoms with van der Waals surface area (Å²) in [4.78, 5) is 9.24. The summed E-state index contributed by atoms with van der Waals surface area (Å²) < 4.78 is 0. The van der Waals surface area contributed by atoms with Gasteiger partial charge in [-0.25, -0.2) is 4.98 Å². The van der Waals surface area contributed by atoms with Crippen molar-refractivity contribution in [2.75, 3.05) is 17.2 Å². The fraction of sp³-hybridized carbons (Fsp3) is 0.421. The molecule has 0 amide bonds. The highest BCUT2D eigenvalue weighted by Crippen LogP contribution is 2.27. The monoisotopic (exact) mass is 354 g/mol. The molecule has 1 unspecified atom stereocenters. The Labute approximate surface area is 153 Å². The Morgan fingerprint density at radius 2 is 1.88 bits per heavy atom. The van der Waals surface area contributed by atoms with Gasteiger partial charge in [0.25, 0.3) is 0 Å². The van der Waals surface area contributed by atoms with Crippen LogP contribution in [0.4, 0.5) is 11.8 Å². The average molecular weight is 354 g/mol. The Hall–Kier alpha value is -2.67. The first-order chi connectivity index (χ1) is 12.6. The number of anilines is 2. The molecule has 2 heterocycles. The molecule has 0 radical (unpaired) electrons. The number of nitrogens with zero attached hydrogens (tertiary/aromatic N) is 3. The minimum Gasteiger partial charge on any atom is -0.394 e. The standard InChI is InChI=1S/C19H26N6O/c1-4-14(11-26)21-19-22-16-15(12(2)3)24-25-17(16)18(23-19)20-10-13-8-6-5-7-9-13/h5-9,12,14,26H,4,10-11H2,1-3H3,(H,24,25)(H2,20,21,22,23). The topological polar surface area (TPSA) is 98.7 Å². The van der Waals surface area contributed by atoms with E-state index in [4.69, 9.17) is 0 Å². The predicted octanol–water partition coefficient (Wildman–Crippen LogP) is 3.27. The molecular weight excluding hydrogens is 328 g/mol. The summed E-state index contributed by atoms with van der Waals surface area (Å²) in [5.74, 6) is 1.44. The second kappa shape index (κ2) is 8.14. The van der Waals surface area contributed by atoms with Crippen LogP contribution in [0, 0.1) is 0 Å². The van der Waals surface area contributed by atoms with Gasteiger partial charge in [0.1, 0.15) is 5.52 Å². The minimum atomic E-state index is -0.0798. The van der Waals surface area contributed by atoms with Gasteiger partial charge in [-0.3, -0.25) is 5.10 Å². The van der Waals surface area contributed by atoms with Crippen molar-refractivity contribution in [3.63, 3.8) is 0 Å². The van der Waals surface area contributed by atoms with E-state index in [1.54, 1.807) is 0 Å². The third-order valence-electron chi connectivity index (χ3n) is 4.35. The van der Waals surface area contributed by atoms with Gasteiger partial charge in [0.2, 0.25) is 5.95 Å². The Morgan fingerprint density at radius 3 is 2.54 bits per heavy atom. The van der Waals surface area contributed by atoms with E-state index in [0.717, 1.165) is 28.7 Å². The summed E-state index contributed by atoms with van der Waals surface area (Å²) in [7, 11) is 0. The maximum absolute atomic E-state index is 9.47. The molecule has 7 nitrogen and oxygen atoms in total. The van der Waals surface area contributed by atoms with Crippen molar-refractivity contribution >= 4 is 22.8 Å². The van der Waals surface area contributed by atoms with E-state index in [2.05, 4.69) is 56.8 Å². The predicted molar refractivity (Wildman–Crippen MR) is 104 cm³/mol. The first kappa shape index (κ1) is 18.1. The number of hydrogen-bond acceptors (Lipinski definition) is 6. The Morgan fingerprint density at radius 1 is 1.12 bits per heavy atom. The Bertz CT molecular complexity index is 842. The number of hydrogen-bond donors (Lipinski definition) is 4. The van der Waals surface area contributed by atoms with Crippen LogP contribution >= 0.6 is 0 Å². The van der Waals surface area contributed by atoms with Crippen LogP contribution in [0.15, 0.2) is 30.3 Å². The van der Waals surface area contributed by atoms with Gasteiger partial charge < -0.3 is 15.7 Å². The number of aliphatic hydroxyl groups excluding tert-OH is 1. The average Bonchev–Trinajstić information content (AvgIpc) is 3.09. The molecule has 3 aromatic rings. The van der Waals surface area contributed by atoms with E-state index in [9.17, 15) is 5.11 Å². The molecule has 138 valence electrons. The fourth-order valence-electron chi connectivity index (χ4n) is 2.75. The van der Waals surface area contributed by atoms with Gasteiger partial charge in [0.05, 0.1) is 18.3 Å². The molecule has 0 saturated heterocycles. The van der Waals surface area contributed by atoms with E-state index in [-0.39, 0.29) is 18.6 Å². The van der Waals surface area contributed by atoms with E-state index in [1.165, 1.54) is 0 Å². The van der Waals surface area contributed by atoms with Crippen LogP contribution in [0.25, 0.3) is 11.0 Å². The molecule has 0 aliphatic carbocycles. The number of benzene rings is 1. The summed E-state index contributed by atoms with van der Waals surface area (Å²) in [6.45, 7) is 6.89. The lowest BCUT2D eigenvalue weighted by Gasteiger charge is -2.15. The summed E-state index contributed by atoms with van der Waals surface area (Å²) in [6, 6.07) is 10.1. The first-order valence-electron chi connectivity index (χ1n) is 9.03. The van der Waals surface area contributed by atoms with Crippen LogP contribution in [0.2, 0.25) is 0 Å². The van der Waals surface area contributed by atoms with E-state index >= 15 is 0 Å². The highest BCUT2D eigenvalue weighted by molar-refractivity contribution is 5.88. The van der Waals surface area contributed by atoms with Crippen molar-refractivity contribution in [3.05, 3.63) is 41.6 Å².